The fourth-order valence-electron chi connectivity index (χ4n) is 6.42. The van der Waals surface area contributed by atoms with E-state index in [-0.39, 0.29) is 5.82 Å². The number of hydrogen-bond acceptors (Lipinski definition) is 2. The second-order valence-electron chi connectivity index (χ2n) is 11.8. The number of rotatable bonds is 12. The number of phenolic OH excluding ortho intramolecular Hbond substituents is 1. The van der Waals surface area contributed by atoms with Gasteiger partial charge in [-0.3, -0.25) is 0 Å². The summed E-state index contributed by atoms with van der Waals surface area (Å²) in [5.74, 6) is 1.83. The Balaban J connectivity index is 1.18. The molecule has 0 radical (unpaired) electrons. The van der Waals surface area contributed by atoms with E-state index in [9.17, 15) is 9.50 Å². The average molecular weight is 563 g/mol. The van der Waals surface area contributed by atoms with E-state index in [1.807, 2.05) is 24.3 Å². The van der Waals surface area contributed by atoms with Crippen molar-refractivity contribution in [2.75, 3.05) is 6.61 Å². The van der Waals surface area contributed by atoms with E-state index in [2.05, 4.69) is 74.5 Å². The van der Waals surface area contributed by atoms with Crippen molar-refractivity contribution in [3.63, 3.8) is 0 Å². The molecule has 1 aliphatic rings. The lowest BCUT2D eigenvalue weighted by Crippen LogP contribution is -2.24. The number of benzene rings is 4. The van der Waals surface area contributed by atoms with E-state index < -0.39 is 0 Å². The zero-order valence-corrected chi connectivity index (χ0v) is 25.0. The van der Waals surface area contributed by atoms with Gasteiger partial charge in [-0.25, -0.2) is 4.39 Å². The molecule has 0 aliphatic heterocycles. The van der Waals surface area contributed by atoms with Gasteiger partial charge in [0.25, 0.3) is 0 Å². The SMILES string of the molecule is CCC(=CCCOc1ccc(CC2c3ccc(O)cc3CCC2Cc2ccc(F)cc2)cc1)CCc1cccc(C)c1. The van der Waals surface area contributed by atoms with Gasteiger partial charge in [-0.2, -0.15) is 0 Å². The van der Waals surface area contributed by atoms with Crippen LogP contribution in [0.2, 0.25) is 0 Å². The lowest BCUT2D eigenvalue weighted by atomic mass is 9.70. The summed E-state index contributed by atoms with van der Waals surface area (Å²) < 4.78 is 19.6. The van der Waals surface area contributed by atoms with Gasteiger partial charge in [-0.15, -0.1) is 0 Å². The van der Waals surface area contributed by atoms with Gasteiger partial charge >= 0.3 is 0 Å². The fraction of sp³-hybridized carbons (Fsp3) is 0.333. The van der Waals surface area contributed by atoms with E-state index >= 15 is 0 Å². The molecule has 4 aromatic rings. The van der Waals surface area contributed by atoms with Gasteiger partial charge in [0.2, 0.25) is 0 Å². The molecule has 4 aromatic carbocycles. The Morgan fingerprint density at radius 1 is 0.905 bits per heavy atom. The molecule has 218 valence electrons. The largest absolute Gasteiger partial charge is 0.508 e. The van der Waals surface area contributed by atoms with Crippen molar-refractivity contribution >= 4 is 0 Å². The molecule has 0 amide bonds. The van der Waals surface area contributed by atoms with Crippen LogP contribution in [-0.2, 0) is 25.7 Å². The smallest absolute Gasteiger partial charge is 0.123 e. The number of ether oxygens (including phenoxy) is 1. The summed E-state index contributed by atoms with van der Waals surface area (Å²) in [4.78, 5) is 0. The van der Waals surface area contributed by atoms with Crippen molar-refractivity contribution in [1.82, 2.24) is 0 Å². The Hall–Kier alpha value is -3.85. The zero-order valence-electron chi connectivity index (χ0n) is 25.0. The maximum absolute atomic E-state index is 13.5. The van der Waals surface area contributed by atoms with E-state index in [0.717, 1.165) is 57.1 Å². The van der Waals surface area contributed by atoms with Gasteiger partial charge in [0.15, 0.2) is 0 Å². The molecule has 5 rings (SSSR count). The average Bonchev–Trinajstić information content (AvgIpc) is 3.00. The molecule has 0 saturated carbocycles. The summed E-state index contributed by atoms with van der Waals surface area (Å²) in [6.07, 6.45) is 10.4. The van der Waals surface area contributed by atoms with Gasteiger partial charge in [-0.05, 0) is 134 Å². The molecule has 0 spiro atoms. The van der Waals surface area contributed by atoms with Crippen molar-refractivity contribution in [1.29, 1.82) is 0 Å². The topological polar surface area (TPSA) is 29.5 Å². The minimum absolute atomic E-state index is 0.193. The van der Waals surface area contributed by atoms with Crippen LogP contribution in [0.25, 0.3) is 0 Å². The summed E-state index contributed by atoms with van der Waals surface area (Å²) in [6, 6.07) is 30.1. The van der Waals surface area contributed by atoms with Gasteiger partial charge in [0.05, 0.1) is 6.61 Å². The predicted octanol–water partition coefficient (Wildman–Crippen LogP) is 9.71. The molecule has 0 heterocycles. The van der Waals surface area contributed by atoms with E-state index in [1.165, 1.54) is 39.0 Å². The molecule has 2 atom stereocenters. The van der Waals surface area contributed by atoms with Crippen LogP contribution in [-0.4, -0.2) is 11.7 Å². The van der Waals surface area contributed by atoms with Crippen LogP contribution in [0.5, 0.6) is 11.5 Å². The van der Waals surface area contributed by atoms with Crippen LogP contribution < -0.4 is 4.74 Å². The van der Waals surface area contributed by atoms with Crippen molar-refractivity contribution in [2.45, 2.75) is 71.1 Å². The lowest BCUT2D eigenvalue weighted by Gasteiger charge is -2.34. The molecular weight excluding hydrogens is 519 g/mol. The summed E-state index contributed by atoms with van der Waals surface area (Å²) in [7, 11) is 0. The normalized spacial score (nSPS) is 16.7. The quantitative estimate of drug-likeness (QED) is 0.138. The number of aryl methyl sites for hydroxylation is 3. The second-order valence-corrected chi connectivity index (χ2v) is 11.8. The van der Waals surface area contributed by atoms with Crippen LogP contribution in [0, 0.1) is 18.7 Å². The highest BCUT2D eigenvalue weighted by Gasteiger charge is 2.30. The number of aromatic hydroxyl groups is 1. The molecule has 3 heteroatoms. The molecular formula is C39H43FO2. The molecule has 42 heavy (non-hydrogen) atoms. The molecule has 1 aliphatic carbocycles. The third kappa shape index (κ3) is 8.12. The molecule has 0 saturated heterocycles. The summed E-state index contributed by atoms with van der Waals surface area (Å²) >= 11 is 0. The maximum atomic E-state index is 13.5. The van der Waals surface area contributed by atoms with E-state index in [0.29, 0.717) is 24.2 Å². The van der Waals surface area contributed by atoms with Gasteiger partial charge in [-0.1, -0.05) is 78.7 Å². The fourth-order valence-corrected chi connectivity index (χ4v) is 6.42. The molecule has 2 unspecified atom stereocenters. The lowest BCUT2D eigenvalue weighted by molar-refractivity contribution is 0.324. The number of fused-ring (bicyclic) bond motifs is 1. The predicted molar refractivity (Wildman–Crippen MR) is 171 cm³/mol. The van der Waals surface area contributed by atoms with E-state index in [1.54, 1.807) is 12.1 Å². The number of allylic oxidation sites excluding steroid dienone is 1. The Morgan fingerprint density at radius 2 is 1.67 bits per heavy atom. The van der Waals surface area contributed by atoms with Crippen molar-refractivity contribution in [2.24, 2.45) is 5.92 Å². The van der Waals surface area contributed by atoms with Gasteiger partial charge in [0, 0.05) is 0 Å². The second kappa shape index (κ2) is 14.4. The van der Waals surface area contributed by atoms with Gasteiger partial charge in [0.1, 0.15) is 17.3 Å². The molecule has 2 nitrogen and oxygen atoms in total. The monoisotopic (exact) mass is 562 g/mol. The first kappa shape index (κ1) is 29.6. The van der Waals surface area contributed by atoms with Crippen molar-refractivity contribution in [3.05, 3.63) is 142 Å². The van der Waals surface area contributed by atoms with Crippen LogP contribution in [0.1, 0.15) is 71.9 Å². The highest BCUT2D eigenvalue weighted by Crippen LogP contribution is 2.41. The van der Waals surface area contributed by atoms with Gasteiger partial charge < -0.3 is 9.84 Å². The first-order valence-corrected chi connectivity index (χ1v) is 15.5. The first-order valence-electron chi connectivity index (χ1n) is 15.5. The number of halogens is 1. The standard InChI is InChI=1S/C39H43FO2/c1-3-29(9-10-30-7-4-6-28(2)24-30)8-5-23-42-37-20-13-32(14-21-37)26-39-33(25-31-11-17-35(40)18-12-31)15-16-34-27-36(41)19-22-38(34)39/h4,6-8,11-14,17-22,24,27,33,39,41H,3,5,9-10,15-16,23,25-26H2,1-2H3. The maximum Gasteiger partial charge on any atom is 0.123 e. The van der Waals surface area contributed by atoms with Crippen LogP contribution in [0.15, 0.2) is 103 Å². The third-order valence-corrected chi connectivity index (χ3v) is 8.76. The van der Waals surface area contributed by atoms with Crippen LogP contribution in [0.4, 0.5) is 4.39 Å². The zero-order chi connectivity index (χ0) is 29.3. The minimum atomic E-state index is -0.193. The highest BCUT2D eigenvalue weighted by atomic mass is 19.1. The molecule has 1 N–H and O–H groups in total. The summed E-state index contributed by atoms with van der Waals surface area (Å²) in [5.41, 5.74) is 9.24. The van der Waals surface area contributed by atoms with Crippen LogP contribution in [0.3, 0.4) is 0 Å². The van der Waals surface area contributed by atoms with E-state index in [4.69, 9.17) is 4.74 Å². The highest BCUT2D eigenvalue weighted by molar-refractivity contribution is 5.41. The Morgan fingerprint density at radius 3 is 2.43 bits per heavy atom. The Labute approximate surface area is 250 Å². The first-order chi connectivity index (χ1) is 20.5. The number of phenols is 1. The minimum Gasteiger partial charge on any atom is -0.508 e. The third-order valence-electron chi connectivity index (χ3n) is 8.76. The van der Waals surface area contributed by atoms with Crippen molar-refractivity contribution in [3.8, 4) is 11.5 Å². The number of hydrogen-bond donors (Lipinski definition) is 1. The Kier molecular flexibility index (Phi) is 10.1. The molecule has 0 fully saturated rings. The molecule has 0 bridgehead atoms. The van der Waals surface area contributed by atoms with Crippen LogP contribution >= 0.6 is 0 Å². The molecule has 0 aromatic heterocycles. The summed E-state index contributed by atoms with van der Waals surface area (Å²) in [5, 5.41) is 10.1. The van der Waals surface area contributed by atoms with Crippen molar-refractivity contribution < 1.29 is 14.2 Å². The summed E-state index contributed by atoms with van der Waals surface area (Å²) in [6.45, 7) is 5.06. The Bertz CT molecular complexity index is 1470.